The molecule has 0 bridgehead atoms. The molecule has 3 rings (SSSR count). The van der Waals surface area contributed by atoms with Gasteiger partial charge in [-0.2, -0.15) is 0 Å². The van der Waals surface area contributed by atoms with Gasteiger partial charge in [-0.05, 0) is 41.2 Å². The lowest BCUT2D eigenvalue weighted by Crippen LogP contribution is -2.19. The number of ketones is 2. The highest BCUT2D eigenvalue weighted by Gasteiger charge is 2.66. The molecule has 0 radical (unpaired) electrons. The van der Waals surface area contributed by atoms with Gasteiger partial charge in [-0.15, -0.1) is 0 Å². The number of carbonyl (C=O) groups is 2. The largest absolute Gasteiger partial charge is 0.381 e. The maximum atomic E-state index is 12.2. The van der Waals surface area contributed by atoms with Crippen LogP contribution in [0.15, 0.2) is 11.1 Å². The molecule has 0 aromatic rings. The number of hydrogen-bond acceptors (Lipinski definition) is 3. The number of allylic oxidation sites excluding steroid dienone is 1. The number of aliphatic hydroxyl groups excluding tert-OH is 1. The average molecular weight is 248 g/mol. The molecule has 0 heterocycles. The molecular weight excluding hydrogens is 228 g/mol. The molecule has 98 valence electrons. The van der Waals surface area contributed by atoms with E-state index >= 15 is 0 Å². The molecule has 2 fully saturated rings. The zero-order valence-corrected chi connectivity index (χ0v) is 11.4. The van der Waals surface area contributed by atoms with Gasteiger partial charge in [-0.1, -0.05) is 20.8 Å². The Morgan fingerprint density at radius 2 is 1.89 bits per heavy atom. The Hall–Kier alpha value is -0.960. The fourth-order valence-electron chi connectivity index (χ4n) is 4.39. The second-order valence-electron chi connectivity index (χ2n) is 6.78. The third-order valence-electron chi connectivity index (χ3n) is 5.69. The van der Waals surface area contributed by atoms with Crippen LogP contribution in [0.5, 0.6) is 0 Å². The summed E-state index contributed by atoms with van der Waals surface area (Å²) >= 11 is 0. The van der Waals surface area contributed by atoms with Crippen LogP contribution < -0.4 is 0 Å². The molecule has 3 aliphatic carbocycles. The highest BCUT2D eigenvalue weighted by Crippen LogP contribution is 2.68. The van der Waals surface area contributed by atoms with Gasteiger partial charge in [0.2, 0.25) is 0 Å². The third kappa shape index (κ3) is 1.23. The molecule has 0 aromatic carbocycles. The first-order valence-corrected chi connectivity index (χ1v) is 6.74. The molecule has 0 aromatic heterocycles. The summed E-state index contributed by atoms with van der Waals surface area (Å²) < 4.78 is 0. The van der Waals surface area contributed by atoms with Crippen molar-refractivity contribution in [3.8, 4) is 0 Å². The Labute approximate surface area is 107 Å². The molecule has 3 aliphatic rings. The lowest BCUT2D eigenvalue weighted by Gasteiger charge is -2.19. The summed E-state index contributed by atoms with van der Waals surface area (Å²) in [6, 6.07) is 0. The van der Waals surface area contributed by atoms with E-state index in [0.29, 0.717) is 23.8 Å². The van der Waals surface area contributed by atoms with Crippen molar-refractivity contribution in [2.24, 2.45) is 29.1 Å². The van der Waals surface area contributed by atoms with Crippen LogP contribution in [0.25, 0.3) is 0 Å². The fraction of sp³-hybridized carbons (Fsp3) is 0.733. The maximum Gasteiger partial charge on any atom is 0.168 e. The molecular formula is C15H20O3. The van der Waals surface area contributed by atoms with Crippen molar-refractivity contribution in [3.63, 3.8) is 0 Å². The number of Topliss-reactive ketones (excluding diaryl/α,β-unsaturated/α-hetero) is 2. The van der Waals surface area contributed by atoms with Crippen LogP contribution in [0.1, 0.15) is 34.1 Å². The molecule has 18 heavy (non-hydrogen) atoms. The highest BCUT2D eigenvalue weighted by molar-refractivity contribution is 6.01. The summed E-state index contributed by atoms with van der Waals surface area (Å²) in [4.78, 5) is 24.2. The molecule has 3 nitrogen and oxygen atoms in total. The minimum absolute atomic E-state index is 0.0824. The highest BCUT2D eigenvalue weighted by atomic mass is 16.3. The molecule has 0 saturated heterocycles. The van der Waals surface area contributed by atoms with E-state index in [0.717, 1.165) is 5.57 Å². The van der Waals surface area contributed by atoms with Crippen LogP contribution in [0.4, 0.5) is 0 Å². The van der Waals surface area contributed by atoms with Gasteiger partial charge >= 0.3 is 0 Å². The fourth-order valence-corrected chi connectivity index (χ4v) is 4.39. The second kappa shape index (κ2) is 3.32. The van der Waals surface area contributed by atoms with Crippen molar-refractivity contribution < 1.29 is 14.7 Å². The summed E-state index contributed by atoms with van der Waals surface area (Å²) in [5.41, 5.74) is 1.51. The van der Waals surface area contributed by atoms with Crippen molar-refractivity contribution in [3.05, 3.63) is 11.1 Å². The van der Waals surface area contributed by atoms with Crippen molar-refractivity contribution in [1.29, 1.82) is 0 Å². The van der Waals surface area contributed by atoms with Gasteiger partial charge in [-0.25, -0.2) is 0 Å². The van der Waals surface area contributed by atoms with Crippen LogP contribution in [0.3, 0.4) is 0 Å². The van der Waals surface area contributed by atoms with Crippen molar-refractivity contribution >= 4 is 11.6 Å². The van der Waals surface area contributed by atoms with E-state index in [1.54, 1.807) is 6.92 Å². The van der Waals surface area contributed by atoms with Crippen molar-refractivity contribution in [2.45, 2.75) is 40.2 Å². The van der Waals surface area contributed by atoms with Gasteiger partial charge in [-0.3, -0.25) is 9.59 Å². The summed E-state index contributed by atoms with van der Waals surface area (Å²) in [6.45, 7) is 8.03. The lowest BCUT2D eigenvalue weighted by atomic mass is 9.84. The van der Waals surface area contributed by atoms with Gasteiger partial charge < -0.3 is 5.11 Å². The first kappa shape index (κ1) is 12.1. The standard InChI is InChI=1S/C15H20O3/c1-6-9(16)5-8-12(15(8,3)4)10-7(2)13(17)14(18)11(6)10/h7-8,10,12,14,18H,5H2,1-4H3/t7-,8+,10+,12+,14+/m1/s1. The van der Waals surface area contributed by atoms with E-state index in [2.05, 4.69) is 13.8 Å². The van der Waals surface area contributed by atoms with Gasteiger partial charge in [0.1, 0.15) is 6.10 Å². The quantitative estimate of drug-likeness (QED) is 0.710. The van der Waals surface area contributed by atoms with E-state index in [-0.39, 0.29) is 28.8 Å². The van der Waals surface area contributed by atoms with Crippen LogP contribution in [0, 0.1) is 29.1 Å². The average Bonchev–Trinajstić information content (AvgIpc) is 2.79. The molecule has 0 aliphatic heterocycles. The number of aliphatic hydroxyl groups is 1. The molecule has 0 amide bonds. The number of fused-ring (bicyclic) bond motifs is 3. The van der Waals surface area contributed by atoms with Crippen LogP contribution >= 0.6 is 0 Å². The van der Waals surface area contributed by atoms with E-state index in [9.17, 15) is 14.7 Å². The topological polar surface area (TPSA) is 54.4 Å². The van der Waals surface area contributed by atoms with Gasteiger partial charge in [0.25, 0.3) is 0 Å². The predicted octanol–water partition coefficient (Wildman–Crippen LogP) is 1.74. The Morgan fingerprint density at radius 1 is 1.28 bits per heavy atom. The Bertz CT molecular complexity index is 486. The summed E-state index contributed by atoms with van der Waals surface area (Å²) in [5.74, 6) is 0.705. The van der Waals surface area contributed by atoms with Gasteiger partial charge in [0.15, 0.2) is 11.6 Å². The SMILES string of the molecule is CC1=C2[C@H](O)C(=O)[C@H](C)[C@@H]2[C@@H]2[C@H](CC1=O)C2(C)C. The zero-order valence-electron chi connectivity index (χ0n) is 11.4. The van der Waals surface area contributed by atoms with E-state index < -0.39 is 6.10 Å². The summed E-state index contributed by atoms with van der Waals surface area (Å²) in [6.07, 6.45) is -0.457. The number of hydrogen-bond donors (Lipinski definition) is 1. The summed E-state index contributed by atoms with van der Waals surface area (Å²) in [5, 5.41) is 10.1. The molecule has 3 heteroatoms. The number of rotatable bonds is 0. The normalized spacial score (nSPS) is 45.7. The predicted molar refractivity (Wildman–Crippen MR) is 66.8 cm³/mol. The number of carbonyl (C=O) groups excluding carboxylic acids is 2. The minimum Gasteiger partial charge on any atom is -0.381 e. The van der Waals surface area contributed by atoms with E-state index in [4.69, 9.17) is 0 Å². The Balaban J connectivity index is 2.15. The summed E-state index contributed by atoms with van der Waals surface area (Å²) in [7, 11) is 0. The molecule has 0 spiro atoms. The van der Waals surface area contributed by atoms with E-state index in [1.807, 2.05) is 6.92 Å². The van der Waals surface area contributed by atoms with Crippen molar-refractivity contribution in [1.82, 2.24) is 0 Å². The minimum atomic E-state index is -1.04. The first-order chi connectivity index (χ1) is 8.28. The smallest absolute Gasteiger partial charge is 0.168 e. The lowest BCUT2D eigenvalue weighted by molar-refractivity contribution is -0.126. The molecule has 0 unspecified atom stereocenters. The second-order valence-corrected chi connectivity index (χ2v) is 6.78. The third-order valence-corrected chi connectivity index (χ3v) is 5.69. The van der Waals surface area contributed by atoms with Crippen LogP contribution in [-0.4, -0.2) is 22.8 Å². The Kier molecular flexibility index (Phi) is 2.23. The monoisotopic (exact) mass is 248 g/mol. The van der Waals surface area contributed by atoms with Crippen LogP contribution in [-0.2, 0) is 9.59 Å². The molecule has 1 N–H and O–H groups in total. The molecule has 2 saturated carbocycles. The Morgan fingerprint density at radius 3 is 2.50 bits per heavy atom. The van der Waals surface area contributed by atoms with Crippen LogP contribution in [0.2, 0.25) is 0 Å². The first-order valence-electron chi connectivity index (χ1n) is 6.74. The zero-order chi connectivity index (χ0) is 13.4. The van der Waals surface area contributed by atoms with Gasteiger partial charge in [0, 0.05) is 12.3 Å². The molecule has 5 atom stereocenters. The van der Waals surface area contributed by atoms with Crippen molar-refractivity contribution in [2.75, 3.05) is 0 Å². The maximum absolute atomic E-state index is 12.2. The van der Waals surface area contributed by atoms with Gasteiger partial charge in [0.05, 0.1) is 0 Å². The van der Waals surface area contributed by atoms with E-state index in [1.165, 1.54) is 0 Å².